The summed E-state index contributed by atoms with van der Waals surface area (Å²) in [6.07, 6.45) is 1.80. The van der Waals surface area contributed by atoms with Gasteiger partial charge in [-0.3, -0.25) is 4.68 Å². The van der Waals surface area contributed by atoms with Gasteiger partial charge in [-0.1, -0.05) is 13.8 Å². The van der Waals surface area contributed by atoms with Gasteiger partial charge < -0.3 is 15.2 Å². The standard InChI is InChI=1S/C15H19N3O2/c1-9(2)13-10(11-8-17-18(3)15(11)16)4-5-12-14(13)20-7-6-19-12/h4-5,8-9H,6-7,16H2,1-3H3. The van der Waals surface area contributed by atoms with E-state index in [0.29, 0.717) is 24.9 Å². The normalized spacial score (nSPS) is 13.8. The minimum absolute atomic E-state index is 0.307. The molecule has 5 heteroatoms. The van der Waals surface area contributed by atoms with Gasteiger partial charge in [-0.25, -0.2) is 0 Å². The first-order chi connectivity index (χ1) is 9.59. The van der Waals surface area contributed by atoms with Crippen molar-refractivity contribution in [3.63, 3.8) is 0 Å². The van der Waals surface area contributed by atoms with Crippen molar-refractivity contribution >= 4 is 5.82 Å². The number of hydrogen-bond donors (Lipinski definition) is 1. The van der Waals surface area contributed by atoms with Crippen LogP contribution in [0.3, 0.4) is 0 Å². The third-order valence-electron chi connectivity index (χ3n) is 3.60. The lowest BCUT2D eigenvalue weighted by Gasteiger charge is -2.24. The molecular weight excluding hydrogens is 254 g/mol. The van der Waals surface area contributed by atoms with Crippen LogP contribution in [-0.4, -0.2) is 23.0 Å². The topological polar surface area (TPSA) is 62.3 Å². The SMILES string of the molecule is CC(C)c1c(-c2cnn(C)c2N)ccc2c1OCCO2. The number of benzene rings is 1. The molecule has 0 amide bonds. The Morgan fingerprint density at radius 2 is 1.95 bits per heavy atom. The van der Waals surface area contributed by atoms with Crippen LogP contribution in [0, 0.1) is 0 Å². The molecule has 0 aliphatic carbocycles. The van der Waals surface area contributed by atoms with E-state index < -0.39 is 0 Å². The summed E-state index contributed by atoms with van der Waals surface area (Å²) < 4.78 is 13.2. The Bertz CT molecular complexity index is 647. The Labute approximate surface area is 118 Å². The Morgan fingerprint density at radius 1 is 1.20 bits per heavy atom. The largest absolute Gasteiger partial charge is 0.486 e. The van der Waals surface area contributed by atoms with Crippen LogP contribution in [0.5, 0.6) is 11.5 Å². The highest BCUT2D eigenvalue weighted by molar-refractivity contribution is 5.79. The Hall–Kier alpha value is -2.17. The molecule has 5 nitrogen and oxygen atoms in total. The van der Waals surface area contributed by atoms with E-state index in [1.165, 1.54) is 0 Å². The van der Waals surface area contributed by atoms with Gasteiger partial charge in [-0.2, -0.15) is 5.10 Å². The number of hydrogen-bond acceptors (Lipinski definition) is 4. The zero-order chi connectivity index (χ0) is 14.3. The van der Waals surface area contributed by atoms with E-state index in [4.69, 9.17) is 15.2 Å². The average Bonchev–Trinajstić information content (AvgIpc) is 2.77. The fourth-order valence-electron chi connectivity index (χ4n) is 2.60. The second kappa shape index (κ2) is 4.74. The molecule has 0 saturated carbocycles. The van der Waals surface area contributed by atoms with Crippen molar-refractivity contribution in [2.45, 2.75) is 19.8 Å². The van der Waals surface area contributed by atoms with E-state index in [1.54, 1.807) is 10.9 Å². The Balaban J connectivity index is 2.23. The van der Waals surface area contributed by atoms with Gasteiger partial charge in [-0.05, 0) is 23.6 Å². The predicted octanol–water partition coefficient (Wildman–Crippen LogP) is 2.56. The van der Waals surface area contributed by atoms with Crippen molar-refractivity contribution in [3.05, 3.63) is 23.9 Å². The van der Waals surface area contributed by atoms with E-state index in [-0.39, 0.29) is 0 Å². The summed E-state index contributed by atoms with van der Waals surface area (Å²) in [5.41, 5.74) is 9.24. The molecule has 2 aromatic rings. The van der Waals surface area contributed by atoms with Crippen LogP contribution >= 0.6 is 0 Å². The van der Waals surface area contributed by atoms with Gasteiger partial charge in [-0.15, -0.1) is 0 Å². The predicted molar refractivity (Wildman–Crippen MR) is 78.1 cm³/mol. The van der Waals surface area contributed by atoms with Gasteiger partial charge >= 0.3 is 0 Å². The lowest BCUT2D eigenvalue weighted by atomic mass is 9.92. The van der Waals surface area contributed by atoms with Crippen LogP contribution < -0.4 is 15.2 Å². The quantitative estimate of drug-likeness (QED) is 0.913. The van der Waals surface area contributed by atoms with E-state index in [9.17, 15) is 0 Å². The molecule has 1 aromatic carbocycles. The van der Waals surface area contributed by atoms with Gasteiger partial charge in [0.05, 0.1) is 6.20 Å². The molecule has 1 aromatic heterocycles. The van der Waals surface area contributed by atoms with E-state index in [0.717, 1.165) is 28.2 Å². The van der Waals surface area contributed by atoms with Crippen LogP contribution in [0.1, 0.15) is 25.3 Å². The molecular formula is C15H19N3O2. The molecule has 3 rings (SSSR count). The molecule has 0 atom stereocenters. The van der Waals surface area contributed by atoms with Crippen molar-refractivity contribution < 1.29 is 9.47 Å². The maximum absolute atomic E-state index is 6.11. The number of rotatable bonds is 2. The van der Waals surface area contributed by atoms with Crippen molar-refractivity contribution in [1.29, 1.82) is 0 Å². The molecule has 20 heavy (non-hydrogen) atoms. The second-order valence-corrected chi connectivity index (χ2v) is 5.27. The minimum atomic E-state index is 0.307. The first kappa shape index (κ1) is 12.8. The highest BCUT2D eigenvalue weighted by Gasteiger charge is 2.23. The molecule has 106 valence electrons. The van der Waals surface area contributed by atoms with Gasteiger partial charge in [0.2, 0.25) is 0 Å². The van der Waals surface area contributed by atoms with E-state index in [2.05, 4.69) is 18.9 Å². The highest BCUT2D eigenvalue weighted by atomic mass is 16.6. The average molecular weight is 273 g/mol. The first-order valence-corrected chi connectivity index (χ1v) is 6.80. The fourth-order valence-corrected chi connectivity index (χ4v) is 2.60. The van der Waals surface area contributed by atoms with Gasteiger partial charge in [0.15, 0.2) is 11.5 Å². The van der Waals surface area contributed by atoms with E-state index in [1.807, 2.05) is 19.2 Å². The second-order valence-electron chi connectivity index (χ2n) is 5.27. The third-order valence-corrected chi connectivity index (χ3v) is 3.60. The van der Waals surface area contributed by atoms with Crippen molar-refractivity contribution in [2.24, 2.45) is 7.05 Å². The summed E-state index contributed by atoms with van der Waals surface area (Å²) in [6.45, 7) is 5.46. The smallest absolute Gasteiger partial charge is 0.165 e. The molecule has 1 aliphatic rings. The molecule has 0 saturated heterocycles. The van der Waals surface area contributed by atoms with Crippen molar-refractivity contribution in [3.8, 4) is 22.6 Å². The molecule has 0 unspecified atom stereocenters. The van der Waals surface area contributed by atoms with Crippen LogP contribution in [0.2, 0.25) is 0 Å². The number of nitrogen functional groups attached to an aromatic ring is 1. The summed E-state index contributed by atoms with van der Waals surface area (Å²) in [5.74, 6) is 2.61. The van der Waals surface area contributed by atoms with Crippen LogP contribution in [0.25, 0.3) is 11.1 Å². The summed E-state index contributed by atoms with van der Waals surface area (Å²) in [4.78, 5) is 0. The number of aryl methyl sites for hydroxylation is 1. The summed E-state index contributed by atoms with van der Waals surface area (Å²) in [7, 11) is 1.84. The molecule has 1 aliphatic heterocycles. The lowest BCUT2D eigenvalue weighted by Crippen LogP contribution is -2.17. The summed E-state index contributed by atoms with van der Waals surface area (Å²) in [5, 5.41) is 4.22. The number of ether oxygens (including phenoxy) is 2. The number of fused-ring (bicyclic) bond motifs is 1. The monoisotopic (exact) mass is 273 g/mol. The molecule has 2 heterocycles. The molecule has 2 N–H and O–H groups in total. The van der Waals surface area contributed by atoms with E-state index >= 15 is 0 Å². The highest BCUT2D eigenvalue weighted by Crippen LogP contribution is 2.44. The zero-order valence-corrected chi connectivity index (χ0v) is 12.0. The number of nitrogens with two attached hydrogens (primary N) is 1. The van der Waals surface area contributed by atoms with Crippen LogP contribution in [0.4, 0.5) is 5.82 Å². The maximum Gasteiger partial charge on any atom is 0.165 e. The Morgan fingerprint density at radius 3 is 2.60 bits per heavy atom. The van der Waals surface area contributed by atoms with Crippen LogP contribution in [-0.2, 0) is 7.05 Å². The molecule has 0 bridgehead atoms. The molecule has 0 fully saturated rings. The fraction of sp³-hybridized carbons (Fsp3) is 0.400. The number of nitrogens with zero attached hydrogens (tertiary/aromatic N) is 2. The van der Waals surface area contributed by atoms with Crippen molar-refractivity contribution in [1.82, 2.24) is 9.78 Å². The maximum atomic E-state index is 6.11. The molecule has 0 spiro atoms. The van der Waals surface area contributed by atoms with Crippen molar-refractivity contribution in [2.75, 3.05) is 18.9 Å². The number of anilines is 1. The van der Waals surface area contributed by atoms with Gasteiger partial charge in [0.25, 0.3) is 0 Å². The van der Waals surface area contributed by atoms with Crippen LogP contribution in [0.15, 0.2) is 18.3 Å². The lowest BCUT2D eigenvalue weighted by molar-refractivity contribution is 0.169. The molecule has 0 radical (unpaired) electrons. The van der Waals surface area contributed by atoms with Gasteiger partial charge in [0, 0.05) is 18.2 Å². The Kier molecular flexibility index (Phi) is 3.04. The zero-order valence-electron chi connectivity index (χ0n) is 12.0. The minimum Gasteiger partial charge on any atom is -0.486 e. The van der Waals surface area contributed by atoms with Gasteiger partial charge in [0.1, 0.15) is 19.0 Å². The first-order valence-electron chi connectivity index (χ1n) is 6.80. The third kappa shape index (κ3) is 1.90. The summed E-state index contributed by atoms with van der Waals surface area (Å²) in [6, 6.07) is 3.98. The summed E-state index contributed by atoms with van der Waals surface area (Å²) >= 11 is 0. The number of aromatic nitrogens is 2.